The Morgan fingerprint density at radius 3 is 2.44 bits per heavy atom. The molecule has 34 heavy (non-hydrogen) atoms. The lowest BCUT2D eigenvalue weighted by Crippen LogP contribution is -2.50. The number of halogens is 3. The van der Waals surface area contributed by atoms with Gasteiger partial charge in [-0.2, -0.15) is 0 Å². The van der Waals surface area contributed by atoms with Gasteiger partial charge in [-0.15, -0.1) is 0 Å². The predicted octanol–water partition coefficient (Wildman–Crippen LogP) is 4.37. The molecule has 1 N–H and O–H groups in total. The molecule has 3 heterocycles. The van der Waals surface area contributed by atoms with Crippen molar-refractivity contribution < 1.29 is 23.1 Å². The van der Waals surface area contributed by atoms with Crippen LogP contribution in [0.5, 0.6) is 0 Å². The molecule has 0 aliphatic carbocycles. The van der Waals surface area contributed by atoms with Crippen LogP contribution in [0.4, 0.5) is 8.78 Å². The first-order valence-corrected chi connectivity index (χ1v) is 11.8. The topological polar surface area (TPSA) is 71.5 Å². The first-order valence-electron chi connectivity index (χ1n) is 11.5. The van der Waals surface area contributed by atoms with Gasteiger partial charge < -0.3 is 15.0 Å². The zero-order chi connectivity index (χ0) is 24.6. The number of aromatic nitrogens is 1. The molecule has 2 fully saturated rings. The van der Waals surface area contributed by atoms with Crippen LogP contribution in [0.2, 0.25) is 5.02 Å². The molecule has 1 unspecified atom stereocenters. The highest BCUT2D eigenvalue weighted by Gasteiger charge is 2.42. The van der Waals surface area contributed by atoms with Gasteiger partial charge in [-0.3, -0.25) is 14.6 Å². The largest absolute Gasteiger partial charge is 0.381 e. The number of likely N-dealkylation sites (tertiary alicyclic amines) is 1. The molecule has 0 saturated carbocycles. The van der Waals surface area contributed by atoms with Crippen LogP contribution < -0.4 is 5.32 Å². The Morgan fingerprint density at radius 2 is 1.85 bits per heavy atom. The van der Waals surface area contributed by atoms with Gasteiger partial charge in [0.15, 0.2) is 0 Å². The van der Waals surface area contributed by atoms with E-state index < -0.39 is 29.6 Å². The van der Waals surface area contributed by atoms with Crippen molar-refractivity contribution in [2.45, 2.75) is 45.7 Å². The van der Waals surface area contributed by atoms with E-state index in [9.17, 15) is 18.4 Å². The smallest absolute Gasteiger partial charge is 0.254 e. The molecule has 0 radical (unpaired) electrons. The molecule has 2 aliphatic rings. The third kappa shape index (κ3) is 4.93. The fourth-order valence-corrected chi connectivity index (χ4v) is 4.89. The summed E-state index contributed by atoms with van der Waals surface area (Å²) in [6.07, 6.45) is 1.32. The maximum absolute atomic E-state index is 14.7. The second-order valence-electron chi connectivity index (χ2n) is 9.19. The fraction of sp³-hybridized carbons (Fsp3) is 0.480. The van der Waals surface area contributed by atoms with Crippen molar-refractivity contribution in [1.29, 1.82) is 0 Å². The van der Waals surface area contributed by atoms with Gasteiger partial charge in [-0.25, -0.2) is 8.78 Å². The average molecular weight is 492 g/mol. The maximum Gasteiger partial charge on any atom is 0.254 e. The van der Waals surface area contributed by atoms with Gasteiger partial charge in [0.05, 0.1) is 24.3 Å². The zero-order valence-electron chi connectivity index (χ0n) is 19.4. The summed E-state index contributed by atoms with van der Waals surface area (Å²) in [6, 6.07) is 3.85. The zero-order valence-corrected chi connectivity index (χ0v) is 20.2. The van der Waals surface area contributed by atoms with Crippen molar-refractivity contribution in [3.8, 4) is 0 Å². The van der Waals surface area contributed by atoms with Crippen LogP contribution in [-0.2, 0) is 9.53 Å². The molecule has 2 saturated heterocycles. The van der Waals surface area contributed by atoms with Crippen LogP contribution in [0.3, 0.4) is 0 Å². The number of hydrogen-bond donors (Lipinski definition) is 1. The molecule has 6 nitrogen and oxygen atoms in total. The molecular weight excluding hydrogens is 464 g/mol. The molecule has 0 spiro atoms. The highest BCUT2D eigenvalue weighted by molar-refractivity contribution is 6.30. The number of carbonyl (C=O) groups is 2. The molecule has 2 aromatic rings. The van der Waals surface area contributed by atoms with E-state index in [0.717, 1.165) is 29.9 Å². The lowest BCUT2D eigenvalue weighted by atomic mass is 9.90. The van der Waals surface area contributed by atoms with Gasteiger partial charge in [0, 0.05) is 35.0 Å². The summed E-state index contributed by atoms with van der Waals surface area (Å²) in [5, 5.41) is 2.57. The molecule has 0 bridgehead atoms. The van der Waals surface area contributed by atoms with Crippen molar-refractivity contribution >= 4 is 23.4 Å². The van der Waals surface area contributed by atoms with Gasteiger partial charge in [0.2, 0.25) is 5.91 Å². The van der Waals surface area contributed by atoms with Crippen LogP contribution in [0, 0.1) is 37.3 Å². The van der Waals surface area contributed by atoms with Crippen molar-refractivity contribution in [3.63, 3.8) is 0 Å². The van der Waals surface area contributed by atoms with Crippen LogP contribution in [0.15, 0.2) is 24.3 Å². The van der Waals surface area contributed by atoms with Gasteiger partial charge in [0.1, 0.15) is 17.7 Å². The Bertz CT molecular complexity index is 1090. The highest BCUT2D eigenvalue weighted by atomic mass is 35.5. The van der Waals surface area contributed by atoms with Gasteiger partial charge in [-0.1, -0.05) is 24.9 Å². The Kier molecular flexibility index (Phi) is 7.19. The molecule has 9 heteroatoms. The quantitative estimate of drug-likeness (QED) is 0.609. The lowest BCUT2D eigenvalue weighted by Gasteiger charge is -2.36. The van der Waals surface area contributed by atoms with E-state index in [1.807, 2.05) is 20.8 Å². The molecule has 1 aromatic carbocycles. The molecule has 3 atom stereocenters. The summed E-state index contributed by atoms with van der Waals surface area (Å²) in [4.78, 5) is 32.8. The number of ether oxygens (including phenoxy) is 1. The number of benzene rings is 1. The minimum atomic E-state index is -0.795. The normalized spacial score (nSPS) is 21.3. The predicted molar refractivity (Wildman–Crippen MR) is 123 cm³/mol. The Hall–Kier alpha value is -2.58. The minimum absolute atomic E-state index is 0.0202. The lowest BCUT2D eigenvalue weighted by molar-refractivity contribution is -0.128. The van der Waals surface area contributed by atoms with E-state index in [1.54, 1.807) is 17.0 Å². The Morgan fingerprint density at radius 1 is 1.18 bits per heavy atom. The third-order valence-corrected chi connectivity index (χ3v) is 6.95. The summed E-state index contributed by atoms with van der Waals surface area (Å²) < 4.78 is 34.1. The number of pyridine rings is 1. The van der Waals surface area contributed by atoms with E-state index in [0.29, 0.717) is 31.7 Å². The second-order valence-corrected chi connectivity index (χ2v) is 9.60. The van der Waals surface area contributed by atoms with E-state index in [2.05, 4.69) is 10.3 Å². The van der Waals surface area contributed by atoms with Crippen LogP contribution in [-0.4, -0.2) is 47.5 Å². The first-order chi connectivity index (χ1) is 16.2. The average Bonchev–Trinajstić information content (AvgIpc) is 3.18. The summed E-state index contributed by atoms with van der Waals surface area (Å²) in [6.45, 7) is 6.74. The van der Waals surface area contributed by atoms with Crippen molar-refractivity contribution in [2.24, 2.45) is 11.8 Å². The molecule has 4 rings (SSSR count). The summed E-state index contributed by atoms with van der Waals surface area (Å²) in [5.74, 6) is -2.13. The van der Waals surface area contributed by atoms with Crippen molar-refractivity contribution in [1.82, 2.24) is 15.2 Å². The minimum Gasteiger partial charge on any atom is -0.381 e. The monoisotopic (exact) mass is 491 g/mol. The maximum atomic E-state index is 14.7. The second kappa shape index (κ2) is 9.96. The number of carbonyl (C=O) groups excluding carboxylic acids is 2. The Balaban J connectivity index is 1.61. The number of nitrogens with zero attached hydrogens (tertiary/aromatic N) is 2. The van der Waals surface area contributed by atoms with E-state index in [1.165, 1.54) is 0 Å². The first kappa shape index (κ1) is 24.5. The van der Waals surface area contributed by atoms with Crippen LogP contribution in [0.25, 0.3) is 0 Å². The highest BCUT2D eigenvalue weighted by Crippen LogP contribution is 2.34. The summed E-state index contributed by atoms with van der Waals surface area (Å²) in [7, 11) is 0. The standard InChI is InChI=1S/C25H28ClF2N3O3/c1-4-15-7-22(31(10-15)25(33)16-5-13(2)29-14(3)6-16)24(32)30-23(17-11-34-12-17)18-8-21(28)19(26)9-20(18)27/h5-6,8-9,15,17,22-23H,4,7,10-12H2,1-3H3,(H,30,32)/t15-,22-,23?/m1/s1. The SMILES string of the molecule is CC[C@@H]1C[C@H](C(=O)NC(c2cc(F)c(Cl)cc2F)C2COC2)N(C(=O)c2cc(C)nc(C)c2)C1. The number of rotatable bonds is 6. The van der Waals surface area contributed by atoms with E-state index >= 15 is 0 Å². The van der Waals surface area contributed by atoms with Crippen molar-refractivity contribution in [3.05, 3.63) is 63.4 Å². The Labute approximate surface area is 202 Å². The summed E-state index contributed by atoms with van der Waals surface area (Å²) in [5.41, 5.74) is 1.95. The van der Waals surface area contributed by atoms with E-state index in [-0.39, 0.29) is 28.3 Å². The molecular formula is C25H28ClF2N3O3. The van der Waals surface area contributed by atoms with Crippen molar-refractivity contribution in [2.75, 3.05) is 19.8 Å². The van der Waals surface area contributed by atoms with Gasteiger partial charge in [-0.05, 0) is 50.5 Å². The van der Waals surface area contributed by atoms with E-state index in [4.69, 9.17) is 16.3 Å². The molecule has 182 valence electrons. The van der Waals surface area contributed by atoms with Crippen LogP contribution in [0.1, 0.15) is 53.1 Å². The third-order valence-electron chi connectivity index (χ3n) is 6.66. The fourth-order valence-electron chi connectivity index (χ4n) is 4.74. The number of nitrogens with one attached hydrogen (secondary N) is 1. The number of hydrogen-bond acceptors (Lipinski definition) is 4. The molecule has 2 amide bonds. The van der Waals surface area contributed by atoms with Crippen LogP contribution >= 0.6 is 11.6 Å². The number of aryl methyl sites for hydroxylation is 2. The number of amides is 2. The molecule has 1 aromatic heterocycles. The van der Waals surface area contributed by atoms with Gasteiger partial charge in [0.25, 0.3) is 5.91 Å². The summed E-state index contributed by atoms with van der Waals surface area (Å²) >= 11 is 5.72. The van der Waals surface area contributed by atoms with Gasteiger partial charge >= 0.3 is 0 Å². The molecule has 2 aliphatic heterocycles.